The second-order valence-electron chi connectivity index (χ2n) is 4.43. The summed E-state index contributed by atoms with van der Waals surface area (Å²) in [4.78, 5) is 0. The molecule has 0 saturated carbocycles. The zero-order valence-corrected chi connectivity index (χ0v) is 11.0. The van der Waals surface area contributed by atoms with E-state index in [1.54, 1.807) is 16.3 Å². The summed E-state index contributed by atoms with van der Waals surface area (Å²) in [6.07, 6.45) is 4.52. The third-order valence-corrected chi connectivity index (χ3v) is 4.27. The van der Waals surface area contributed by atoms with Crippen molar-refractivity contribution in [2.45, 2.75) is 36.6 Å². The standard InChI is InChI=1S/C11H15N5OS/c1-16-10(12)13-14-11(16)18-6-8-7-4-2-3-5-9(7)17-15-8/h2-6H2,1H3,(H2,12,13). The predicted molar refractivity (Wildman–Crippen MR) is 68.1 cm³/mol. The molecule has 0 unspecified atom stereocenters. The van der Waals surface area contributed by atoms with E-state index in [1.165, 1.54) is 18.4 Å². The number of hydrogen-bond acceptors (Lipinski definition) is 6. The SMILES string of the molecule is Cn1c(N)nnc1SCc1noc2c1CCCC2. The van der Waals surface area contributed by atoms with Crippen LogP contribution in [0.3, 0.4) is 0 Å². The van der Waals surface area contributed by atoms with Crippen molar-refractivity contribution in [3.63, 3.8) is 0 Å². The second-order valence-corrected chi connectivity index (χ2v) is 5.37. The lowest BCUT2D eigenvalue weighted by Gasteiger charge is -2.08. The molecule has 2 aromatic rings. The van der Waals surface area contributed by atoms with Crippen LogP contribution < -0.4 is 5.73 Å². The highest BCUT2D eigenvalue weighted by molar-refractivity contribution is 7.98. The van der Waals surface area contributed by atoms with Gasteiger partial charge in [-0.15, -0.1) is 10.2 Å². The third-order valence-electron chi connectivity index (χ3n) is 3.24. The largest absolute Gasteiger partial charge is 0.368 e. The summed E-state index contributed by atoms with van der Waals surface area (Å²) in [6, 6.07) is 0. The van der Waals surface area contributed by atoms with E-state index >= 15 is 0 Å². The van der Waals surface area contributed by atoms with E-state index in [-0.39, 0.29) is 0 Å². The molecule has 0 saturated heterocycles. The van der Waals surface area contributed by atoms with Crippen molar-refractivity contribution in [3.05, 3.63) is 17.0 Å². The quantitative estimate of drug-likeness (QED) is 0.848. The highest BCUT2D eigenvalue weighted by atomic mass is 32.2. The lowest BCUT2D eigenvalue weighted by Crippen LogP contribution is -2.02. The molecule has 1 aliphatic carbocycles. The monoisotopic (exact) mass is 265 g/mol. The van der Waals surface area contributed by atoms with E-state index in [2.05, 4.69) is 15.4 Å². The highest BCUT2D eigenvalue weighted by Gasteiger charge is 2.19. The van der Waals surface area contributed by atoms with E-state index in [4.69, 9.17) is 10.3 Å². The van der Waals surface area contributed by atoms with Gasteiger partial charge >= 0.3 is 0 Å². The number of anilines is 1. The first-order chi connectivity index (χ1) is 8.75. The van der Waals surface area contributed by atoms with E-state index in [0.717, 1.165) is 35.2 Å². The van der Waals surface area contributed by atoms with Crippen LogP contribution in [0.4, 0.5) is 5.95 Å². The van der Waals surface area contributed by atoms with Crippen molar-refractivity contribution in [1.29, 1.82) is 0 Å². The van der Waals surface area contributed by atoms with Gasteiger partial charge in [-0.25, -0.2) is 0 Å². The maximum atomic E-state index is 5.64. The molecule has 2 N–H and O–H groups in total. The first-order valence-electron chi connectivity index (χ1n) is 5.99. The van der Waals surface area contributed by atoms with Crippen LogP contribution in [0.2, 0.25) is 0 Å². The molecule has 0 fully saturated rings. The number of nitrogens with zero attached hydrogens (tertiary/aromatic N) is 4. The Bertz CT molecular complexity index is 562. The molecule has 2 heterocycles. The van der Waals surface area contributed by atoms with Gasteiger partial charge in [0.15, 0.2) is 5.16 Å². The number of aryl methyl sites for hydroxylation is 1. The van der Waals surface area contributed by atoms with E-state index in [0.29, 0.717) is 5.95 Å². The summed E-state index contributed by atoms with van der Waals surface area (Å²) in [6.45, 7) is 0. The average molecular weight is 265 g/mol. The van der Waals surface area contributed by atoms with Gasteiger partial charge in [0.05, 0.1) is 5.69 Å². The Morgan fingerprint density at radius 1 is 1.33 bits per heavy atom. The molecule has 0 bridgehead atoms. The Morgan fingerprint density at radius 2 is 2.17 bits per heavy atom. The molecule has 18 heavy (non-hydrogen) atoms. The van der Waals surface area contributed by atoms with Crippen molar-refractivity contribution in [1.82, 2.24) is 19.9 Å². The van der Waals surface area contributed by atoms with Crippen LogP contribution in [0.5, 0.6) is 0 Å². The smallest absolute Gasteiger partial charge is 0.222 e. The fourth-order valence-corrected chi connectivity index (χ4v) is 3.03. The maximum absolute atomic E-state index is 5.64. The predicted octanol–water partition coefficient (Wildman–Crippen LogP) is 1.56. The van der Waals surface area contributed by atoms with Crippen LogP contribution in [0.25, 0.3) is 0 Å². The Balaban J connectivity index is 1.74. The molecule has 0 atom stereocenters. The molecular formula is C11H15N5OS. The molecule has 0 radical (unpaired) electrons. The van der Waals surface area contributed by atoms with Crippen LogP contribution in [0, 0.1) is 0 Å². The third kappa shape index (κ3) is 1.98. The second kappa shape index (κ2) is 4.64. The lowest BCUT2D eigenvalue weighted by molar-refractivity contribution is 0.369. The van der Waals surface area contributed by atoms with Crippen LogP contribution in [0.15, 0.2) is 9.68 Å². The van der Waals surface area contributed by atoms with Crippen molar-refractivity contribution < 1.29 is 4.52 Å². The van der Waals surface area contributed by atoms with E-state index in [1.807, 2.05) is 7.05 Å². The maximum Gasteiger partial charge on any atom is 0.222 e. The minimum absolute atomic E-state index is 0.430. The molecule has 0 amide bonds. The molecule has 0 aromatic carbocycles. The van der Waals surface area contributed by atoms with Gasteiger partial charge in [-0.05, 0) is 19.3 Å². The van der Waals surface area contributed by atoms with Gasteiger partial charge < -0.3 is 10.3 Å². The van der Waals surface area contributed by atoms with Gasteiger partial charge in [0.1, 0.15) is 5.76 Å². The molecule has 7 heteroatoms. The molecule has 2 aromatic heterocycles. The van der Waals surface area contributed by atoms with Crippen LogP contribution in [-0.4, -0.2) is 19.9 Å². The van der Waals surface area contributed by atoms with Gasteiger partial charge in [-0.2, -0.15) is 0 Å². The lowest BCUT2D eigenvalue weighted by atomic mass is 9.97. The summed E-state index contributed by atoms with van der Waals surface area (Å²) in [5, 5.41) is 12.8. The number of thioether (sulfide) groups is 1. The summed E-state index contributed by atoms with van der Waals surface area (Å²) in [5.74, 6) is 2.25. The van der Waals surface area contributed by atoms with Crippen molar-refractivity contribution in [2.75, 3.05) is 5.73 Å². The van der Waals surface area contributed by atoms with Gasteiger partial charge in [-0.1, -0.05) is 16.9 Å². The molecular weight excluding hydrogens is 250 g/mol. The number of aromatic nitrogens is 4. The molecule has 1 aliphatic rings. The molecule has 3 rings (SSSR count). The topological polar surface area (TPSA) is 82.8 Å². The zero-order valence-electron chi connectivity index (χ0n) is 10.2. The minimum atomic E-state index is 0.430. The van der Waals surface area contributed by atoms with E-state index in [9.17, 15) is 0 Å². The first-order valence-corrected chi connectivity index (χ1v) is 6.98. The zero-order chi connectivity index (χ0) is 12.5. The van der Waals surface area contributed by atoms with E-state index < -0.39 is 0 Å². The fourth-order valence-electron chi connectivity index (χ4n) is 2.15. The Labute approximate surface area is 109 Å². The summed E-state index contributed by atoms with van der Waals surface area (Å²) in [7, 11) is 1.86. The molecule has 6 nitrogen and oxygen atoms in total. The summed E-state index contributed by atoms with van der Waals surface area (Å²) >= 11 is 1.59. The average Bonchev–Trinajstić information content (AvgIpc) is 2.94. The van der Waals surface area contributed by atoms with Gasteiger partial charge in [0, 0.05) is 24.8 Å². The van der Waals surface area contributed by atoms with Gasteiger partial charge in [0.2, 0.25) is 5.95 Å². The van der Waals surface area contributed by atoms with Crippen molar-refractivity contribution >= 4 is 17.7 Å². The minimum Gasteiger partial charge on any atom is -0.368 e. The first kappa shape index (κ1) is 11.6. The van der Waals surface area contributed by atoms with Crippen molar-refractivity contribution in [2.24, 2.45) is 7.05 Å². The highest BCUT2D eigenvalue weighted by Crippen LogP contribution is 2.28. The van der Waals surface area contributed by atoms with Crippen LogP contribution in [0.1, 0.15) is 29.9 Å². The Kier molecular flexibility index (Phi) is 2.99. The molecule has 0 spiro atoms. The fraction of sp³-hybridized carbons (Fsp3) is 0.545. The van der Waals surface area contributed by atoms with Crippen LogP contribution in [-0.2, 0) is 25.6 Å². The van der Waals surface area contributed by atoms with Gasteiger partial charge in [0.25, 0.3) is 0 Å². The molecule has 0 aliphatic heterocycles. The van der Waals surface area contributed by atoms with Gasteiger partial charge in [-0.3, -0.25) is 4.57 Å². The Hall–Kier alpha value is -1.50. The number of nitrogens with two attached hydrogens (primary N) is 1. The Morgan fingerprint density at radius 3 is 2.94 bits per heavy atom. The number of nitrogen functional groups attached to an aromatic ring is 1. The van der Waals surface area contributed by atoms with Crippen LogP contribution >= 0.6 is 11.8 Å². The summed E-state index contributed by atoms with van der Waals surface area (Å²) < 4.78 is 7.16. The normalized spacial score (nSPS) is 14.7. The summed E-state index contributed by atoms with van der Waals surface area (Å²) in [5.41, 5.74) is 7.98. The molecule has 96 valence electrons. The number of hydrogen-bond donors (Lipinski definition) is 1. The number of rotatable bonds is 3. The van der Waals surface area contributed by atoms with Crippen molar-refractivity contribution in [3.8, 4) is 0 Å². The number of fused-ring (bicyclic) bond motifs is 1.